The molecule has 0 unspecified atom stereocenters. The molecular formula is C24H24N4O. The van der Waals surface area contributed by atoms with Gasteiger partial charge in [-0.2, -0.15) is 5.26 Å². The van der Waals surface area contributed by atoms with Crippen LogP contribution in [0.15, 0.2) is 54.7 Å². The van der Waals surface area contributed by atoms with E-state index in [0.717, 1.165) is 41.6 Å². The molecule has 5 nitrogen and oxygen atoms in total. The summed E-state index contributed by atoms with van der Waals surface area (Å²) in [6.07, 6.45) is 4.21. The number of nitrogens with two attached hydrogens (primary N) is 1. The number of hydrogen-bond donors (Lipinski definition) is 1. The van der Waals surface area contributed by atoms with E-state index in [2.05, 4.69) is 42.2 Å². The molecule has 0 fully saturated rings. The standard InChI is InChI=1S/C24H24N4O/c1-17-3-5-19(6-4-17)9-12-23-18(2)27-14-21(24(23)16-29)15-28(26)22-10-7-20(13-25)8-11-22/h3-8,10-11,14,16H,9,12,15,26H2,1-2H3. The summed E-state index contributed by atoms with van der Waals surface area (Å²) < 4.78 is 0. The van der Waals surface area contributed by atoms with Gasteiger partial charge in [-0.05, 0) is 62.1 Å². The molecule has 0 radical (unpaired) electrons. The van der Waals surface area contributed by atoms with Crippen LogP contribution in [0, 0.1) is 25.2 Å². The quantitative estimate of drug-likeness (QED) is 0.377. The first-order valence-electron chi connectivity index (χ1n) is 9.52. The molecule has 0 amide bonds. The summed E-state index contributed by atoms with van der Waals surface area (Å²) in [6, 6.07) is 17.5. The molecule has 0 spiro atoms. The van der Waals surface area contributed by atoms with Gasteiger partial charge < -0.3 is 5.01 Å². The molecule has 2 aromatic carbocycles. The van der Waals surface area contributed by atoms with Crippen molar-refractivity contribution >= 4 is 12.0 Å². The van der Waals surface area contributed by atoms with Crippen molar-refractivity contribution in [3.05, 3.63) is 93.8 Å². The molecule has 0 bridgehead atoms. The van der Waals surface area contributed by atoms with Crippen LogP contribution in [0.5, 0.6) is 0 Å². The van der Waals surface area contributed by atoms with E-state index in [-0.39, 0.29) is 0 Å². The van der Waals surface area contributed by atoms with Crippen molar-refractivity contribution in [3.8, 4) is 6.07 Å². The van der Waals surface area contributed by atoms with E-state index in [1.54, 1.807) is 35.5 Å². The molecule has 3 aromatic rings. The summed E-state index contributed by atoms with van der Waals surface area (Å²) in [5.41, 5.74) is 7.08. The number of aldehydes is 1. The largest absolute Gasteiger partial charge is 0.307 e. The average molecular weight is 384 g/mol. The molecule has 1 heterocycles. The van der Waals surface area contributed by atoms with E-state index < -0.39 is 0 Å². The molecule has 1 aromatic heterocycles. The number of benzene rings is 2. The molecule has 0 aliphatic carbocycles. The Morgan fingerprint density at radius 2 is 1.76 bits per heavy atom. The molecule has 29 heavy (non-hydrogen) atoms. The Labute approximate surface area is 171 Å². The minimum atomic E-state index is 0.352. The summed E-state index contributed by atoms with van der Waals surface area (Å²) >= 11 is 0. The first-order valence-corrected chi connectivity index (χ1v) is 9.52. The zero-order valence-corrected chi connectivity index (χ0v) is 16.7. The fourth-order valence-corrected chi connectivity index (χ4v) is 3.33. The van der Waals surface area contributed by atoms with Crippen LogP contribution < -0.4 is 10.9 Å². The molecule has 5 heteroatoms. The van der Waals surface area contributed by atoms with Gasteiger partial charge in [-0.15, -0.1) is 0 Å². The van der Waals surface area contributed by atoms with Crippen LogP contribution in [0.1, 0.15) is 43.9 Å². The van der Waals surface area contributed by atoms with Gasteiger partial charge in [-0.25, -0.2) is 5.84 Å². The van der Waals surface area contributed by atoms with Crippen LogP contribution in [-0.2, 0) is 19.4 Å². The van der Waals surface area contributed by atoms with Crippen molar-refractivity contribution < 1.29 is 4.79 Å². The number of carbonyl (C=O) groups excluding carboxylic acids is 1. The number of nitrogens with zero attached hydrogens (tertiary/aromatic N) is 3. The highest BCUT2D eigenvalue weighted by Gasteiger charge is 2.14. The molecule has 0 atom stereocenters. The highest BCUT2D eigenvalue weighted by atomic mass is 16.1. The number of pyridine rings is 1. The lowest BCUT2D eigenvalue weighted by molar-refractivity contribution is 0.112. The fourth-order valence-electron chi connectivity index (χ4n) is 3.33. The maximum absolute atomic E-state index is 11.9. The smallest absolute Gasteiger partial charge is 0.150 e. The van der Waals surface area contributed by atoms with Crippen LogP contribution in [0.4, 0.5) is 5.69 Å². The molecule has 0 aliphatic heterocycles. The predicted octanol–water partition coefficient (Wildman–Crippen LogP) is 4.05. The van der Waals surface area contributed by atoms with Gasteiger partial charge in [0.05, 0.1) is 23.9 Å². The van der Waals surface area contributed by atoms with Crippen LogP contribution >= 0.6 is 0 Å². The number of hydrazine groups is 1. The lowest BCUT2D eigenvalue weighted by Gasteiger charge is -2.21. The first-order chi connectivity index (χ1) is 14.0. The summed E-state index contributed by atoms with van der Waals surface area (Å²) in [4.78, 5) is 16.4. The molecule has 0 saturated heterocycles. The molecule has 0 aliphatic rings. The van der Waals surface area contributed by atoms with Crippen LogP contribution in [0.25, 0.3) is 0 Å². The number of aromatic nitrogens is 1. The zero-order chi connectivity index (χ0) is 20.8. The summed E-state index contributed by atoms with van der Waals surface area (Å²) in [5, 5.41) is 10.5. The molecule has 3 rings (SSSR count). The van der Waals surface area contributed by atoms with Crippen LogP contribution in [0.2, 0.25) is 0 Å². The molecule has 146 valence electrons. The van der Waals surface area contributed by atoms with E-state index >= 15 is 0 Å². The van der Waals surface area contributed by atoms with E-state index in [9.17, 15) is 4.79 Å². The minimum Gasteiger partial charge on any atom is -0.307 e. The monoisotopic (exact) mass is 384 g/mol. The van der Waals surface area contributed by atoms with Crippen LogP contribution in [-0.4, -0.2) is 11.3 Å². The maximum atomic E-state index is 11.9. The van der Waals surface area contributed by atoms with Crippen molar-refractivity contribution in [1.29, 1.82) is 5.26 Å². The predicted molar refractivity (Wildman–Crippen MR) is 114 cm³/mol. The van der Waals surface area contributed by atoms with Crippen molar-refractivity contribution in [2.75, 3.05) is 5.01 Å². The number of anilines is 1. The Morgan fingerprint density at radius 1 is 1.07 bits per heavy atom. The van der Waals surface area contributed by atoms with Gasteiger partial charge in [0.15, 0.2) is 6.29 Å². The van der Waals surface area contributed by atoms with Crippen molar-refractivity contribution in [1.82, 2.24) is 4.98 Å². The second kappa shape index (κ2) is 9.13. The summed E-state index contributed by atoms with van der Waals surface area (Å²) in [7, 11) is 0. The van der Waals surface area contributed by atoms with E-state index in [1.807, 2.05) is 6.92 Å². The van der Waals surface area contributed by atoms with E-state index in [1.165, 1.54) is 11.1 Å². The van der Waals surface area contributed by atoms with E-state index in [0.29, 0.717) is 17.7 Å². The molecule has 0 saturated carbocycles. The second-order valence-corrected chi connectivity index (χ2v) is 7.15. The van der Waals surface area contributed by atoms with Gasteiger partial charge in [-0.3, -0.25) is 9.78 Å². The summed E-state index contributed by atoms with van der Waals surface area (Å²) in [5.74, 6) is 6.22. The highest BCUT2D eigenvalue weighted by molar-refractivity contribution is 5.80. The third-order valence-corrected chi connectivity index (χ3v) is 5.09. The first kappa shape index (κ1) is 20.2. The average Bonchev–Trinajstić information content (AvgIpc) is 2.75. The Balaban J connectivity index is 1.81. The van der Waals surface area contributed by atoms with Crippen molar-refractivity contribution in [2.24, 2.45) is 5.84 Å². The van der Waals surface area contributed by atoms with Gasteiger partial charge in [0.25, 0.3) is 0 Å². The van der Waals surface area contributed by atoms with E-state index in [4.69, 9.17) is 11.1 Å². The highest BCUT2D eigenvalue weighted by Crippen LogP contribution is 2.21. The number of nitriles is 1. The lowest BCUT2D eigenvalue weighted by atomic mass is 9.96. The molecular weight excluding hydrogens is 360 g/mol. The number of carbonyl (C=O) groups is 1. The van der Waals surface area contributed by atoms with Gasteiger partial charge in [0.2, 0.25) is 0 Å². The topological polar surface area (TPSA) is 83.0 Å². The van der Waals surface area contributed by atoms with Gasteiger partial charge in [0, 0.05) is 23.0 Å². The number of rotatable bonds is 7. The van der Waals surface area contributed by atoms with Crippen LogP contribution in [0.3, 0.4) is 0 Å². The third kappa shape index (κ3) is 4.87. The Hall–Kier alpha value is -3.49. The van der Waals surface area contributed by atoms with Gasteiger partial charge in [0.1, 0.15) is 0 Å². The Bertz CT molecular complexity index is 1030. The maximum Gasteiger partial charge on any atom is 0.150 e. The number of hydrogen-bond acceptors (Lipinski definition) is 5. The second-order valence-electron chi connectivity index (χ2n) is 7.15. The summed E-state index contributed by atoms with van der Waals surface area (Å²) in [6.45, 7) is 4.35. The van der Waals surface area contributed by atoms with Crippen molar-refractivity contribution in [3.63, 3.8) is 0 Å². The Morgan fingerprint density at radius 3 is 2.38 bits per heavy atom. The normalized spacial score (nSPS) is 10.4. The Kier molecular flexibility index (Phi) is 6.38. The lowest BCUT2D eigenvalue weighted by Crippen LogP contribution is -2.30. The SMILES string of the molecule is Cc1ccc(CCc2c(C)ncc(CN(N)c3ccc(C#N)cc3)c2C=O)cc1. The van der Waals surface area contributed by atoms with Crippen molar-refractivity contribution in [2.45, 2.75) is 33.2 Å². The minimum absolute atomic E-state index is 0.352. The molecule has 2 N–H and O–H groups in total. The third-order valence-electron chi connectivity index (χ3n) is 5.09. The van der Waals surface area contributed by atoms with Gasteiger partial charge >= 0.3 is 0 Å². The number of aryl methyl sites for hydroxylation is 3. The fraction of sp³-hybridized carbons (Fsp3) is 0.208. The zero-order valence-electron chi connectivity index (χ0n) is 16.7. The van der Waals surface area contributed by atoms with Gasteiger partial charge in [-0.1, -0.05) is 29.8 Å².